The number of carbonyl (C=O) groups is 1. The average molecular weight is 394 g/mol. The Morgan fingerprint density at radius 1 is 1.21 bits per heavy atom. The predicted molar refractivity (Wildman–Crippen MR) is 112 cm³/mol. The van der Waals surface area contributed by atoms with E-state index in [4.69, 9.17) is 15.9 Å². The second kappa shape index (κ2) is 9.86. The van der Waals surface area contributed by atoms with E-state index >= 15 is 0 Å². The maximum absolute atomic E-state index is 12.1. The van der Waals surface area contributed by atoms with E-state index in [0.29, 0.717) is 23.6 Å². The van der Waals surface area contributed by atoms with E-state index < -0.39 is 6.10 Å². The molecule has 1 atom stereocenters. The van der Waals surface area contributed by atoms with Gasteiger partial charge in [-0.2, -0.15) is 0 Å². The zero-order valence-electron chi connectivity index (χ0n) is 16.2. The van der Waals surface area contributed by atoms with Gasteiger partial charge in [-0.25, -0.2) is 0 Å². The molecule has 1 amide bonds. The van der Waals surface area contributed by atoms with Gasteiger partial charge in [-0.15, -0.1) is 0 Å². The molecule has 1 aliphatic heterocycles. The minimum absolute atomic E-state index is 0.159. The largest absolute Gasteiger partial charge is 0.483 e. The first-order valence-corrected chi connectivity index (χ1v) is 9.49. The van der Waals surface area contributed by atoms with Crippen molar-refractivity contribution in [3.8, 4) is 5.75 Å². The number of nitrogens with two attached hydrogens (primary N) is 1. The van der Waals surface area contributed by atoms with Gasteiger partial charge < -0.3 is 26.3 Å². The molecule has 2 aromatic rings. The van der Waals surface area contributed by atoms with Crippen molar-refractivity contribution in [2.45, 2.75) is 19.2 Å². The highest BCUT2D eigenvalue weighted by Crippen LogP contribution is 2.23. The number of aliphatic hydroxyl groups is 1. The van der Waals surface area contributed by atoms with Gasteiger partial charge in [0, 0.05) is 43.7 Å². The maximum Gasteiger partial charge on any atom is 0.258 e. The van der Waals surface area contributed by atoms with E-state index in [1.165, 1.54) is 17.2 Å². The van der Waals surface area contributed by atoms with E-state index in [1.807, 2.05) is 12.1 Å². The van der Waals surface area contributed by atoms with Gasteiger partial charge in [0.15, 0.2) is 6.61 Å². The summed E-state index contributed by atoms with van der Waals surface area (Å²) in [5, 5.41) is 20.1. The summed E-state index contributed by atoms with van der Waals surface area (Å²) in [5.41, 5.74) is 9.49. The number of carbonyl (C=O) groups excluding carboxylic acids is 1. The van der Waals surface area contributed by atoms with Crippen LogP contribution in [0.2, 0.25) is 0 Å². The van der Waals surface area contributed by atoms with Crippen LogP contribution < -0.4 is 15.8 Å². The van der Waals surface area contributed by atoms with Crippen LogP contribution in [0, 0.1) is 5.41 Å². The van der Waals surface area contributed by atoms with E-state index in [9.17, 15) is 9.90 Å². The standard InChI is InChI=1S/C22H26N4O3/c23-10-9-20(24)19-7-3-4-8-21(19)29-15-22(28)25-11-18(27)14-26-12-16-5-1-2-6-17(16)13-26/h1-10,18,23,27H,11-15,24H2,(H,25,28). The zero-order chi connectivity index (χ0) is 20.6. The summed E-state index contributed by atoms with van der Waals surface area (Å²) in [5.74, 6) is 0.145. The lowest BCUT2D eigenvalue weighted by atomic mass is 10.1. The minimum Gasteiger partial charge on any atom is -0.483 e. The second-order valence-electron chi connectivity index (χ2n) is 6.97. The summed E-state index contributed by atoms with van der Waals surface area (Å²) < 4.78 is 5.57. The third kappa shape index (κ3) is 5.66. The number of benzene rings is 2. The Balaban J connectivity index is 1.43. The lowest BCUT2D eigenvalue weighted by molar-refractivity contribution is -0.123. The van der Waals surface area contributed by atoms with Gasteiger partial charge in [0.2, 0.25) is 0 Å². The van der Waals surface area contributed by atoms with Crippen LogP contribution in [0.4, 0.5) is 0 Å². The van der Waals surface area contributed by atoms with Crippen molar-refractivity contribution in [1.82, 2.24) is 10.2 Å². The first-order valence-electron chi connectivity index (χ1n) is 9.49. The van der Waals surface area contributed by atoms with Crippen LogP contribution in [0.15, 0.2) is 54.6 Å². The molecule has 0 saturated heterocycles. The molecule has 1 unspecified atom stereocenters. The highest BCUT2D eigenvalue weighted by molar-refractivity contribution is 5.83. The zero-order valence-corrected chi connectivity index (χ0v) is 16.2. The van der Waals surface area contributed by atoms with Gasteiger partial charge in [-0.05, 0) is 29.3 Å². The number of hydrogen-bond acceptors (Lipinski definition) is 6. The van der Waals surface area contributed by atoms with Gasteiger partial charge in [-0.1, -0.05) is 36.4 Å². The Bertz CT molecular complexity index is 872. The molecule has 1 aliphatic rings. The van der Waals surface area contributed by atoms with Gasteiger partial charge in [-0.3, -0.25) is 9.69 Å². The van der Waals surface area contributed by atoms with Crippen LogP contribution in [-0.4, -0.2) is 47.9 Å². The van der Waals surface area contributed by atoms with Crippen LogP contribution in [0.1, 0.15) is 16.7 Å². The number of β-amino-alcohol motifs (C(OH)–C–C–N with tert-alkyl or cyclic N) is 1. The van der Waals surface area contributed by atoms with Crippen molar-refractivity contribution in [3.63, 3.8) is 0 Å². The van der Waals surface area contributed by atoms with E-state index in [2.05, 4.69) is 22.3 Å². The summed E-state index contributed by atoms with van der Waals surface area (Å²) in [6, 6.07) is 15.3. The van der Waals surface area contributed by atoms with Crippen molar-refractivity contribution in [3.05, 3.63) is 71.3 Å². The number of nitrogens with one attached hydrogen (secondary N) is 2. The van der Waals surface area contributed by atoms with E-state index in [0.717, 1.165) is 19.3 Å². The topological polar surface area (TPSA) is 112 Å². The van der Waals surface area contributed by atoms with Crippen molar-refractivity contribution in [2.75, 3.05) is 19.7 Å². The number of allylic oxidation sites excluding steroid dienone is 1. The molecule has 0 bridgehead atoms. The molecule has 2 aromatic carbocycles. The van der Waals surface area contributed by atoms with Gasteiger partial charge in [0.1, 0.15) is 5.75 Å². The fourth-order valence-corrected chi connectivity index (χ4v) is 3.33. The molecule has 7 nitrogen and oxygen atoms in total. The average Bonchev–Trinajstić information content (AvgIpc) is 3.13. The first-order chi connectivity index (χ1) is 14.1. The SMILES string of the molecule is N=CC=C(N)c1ccccc1OCC(=O)NCC(O)CN1Cc2ccccc2C1. The summed E-state index contributed by atoms with van der Waals surface area (Å²) in [6.45, 7) is 2.09. The number of amides is 1. The monoisotopic (exact) mass is 394 g/mol. The van der Waals surface area contributed by atoms with E-state index in [-0.39, 0.29) is 19.1 Å². The van der Waals surface area contributed by atoms with Gasteiger partial charge >= 0.3 is 0 Å². The minimum atomic E-state index is -0.660. The fraction of sp³-hybridized carbons (Fsp3) is 0.273. The molecule has 0 radical (unpaired) electrons. The lowest BCUT2D eigenvalue weighted by Gasteiger charge is -2.20. The molecular formula is C22H26N4O3. The molecule has 29 heavy (non-hydrogen) atoms. The molecule has 5 N–H and O–H groups in total. The number of nitrogens with zero attached hydrogens (tertiary/aromatic N) is 1. The molecule has 0 fully saturated rings. The van der Waals surface area contributed by atoms with Gasteiger partial charge in [0.25, 0.3) is 5.91 Å². The smallest absolute Gasteiger partial charge is 0.258 e. The Kier molecular flexibility index (Phi) is 6.99. The molecule has 3 rings (SSSR count). The normalized spacial score (nSPS) is 14.9. The van der Waals surface area contributed by atoms with Gasteiger partial charge in [0.05, 0.1) is 6.10 Å². The molecule has 0 saturated carbocycles. The Hall–Kier alpha value is -3.16. The summed E-state index contributed by atoms with van der Waals surface area (Å²) in [6.07, 6.45) is 1.89. The summed E-state index contributed by atoms with van der Waals surface area (Å²) in [4.78, 5) is 14.3. The van der Waals surface area contributed by atoms with Crippen LogP contribution in [0.5, 0.6) is 5.75 Å². The lowest BCUT2D eigenvalue weighted by Crippen LogP contribution is -2.40. The van der Waals surface area contributed by atoms with Crippen molar-refractivity contribution < 1.29 is 14.6 Å². The molecular weight excluding hydrogens is 368 g/mol. The number of para-hydroxylation sites is 1. The molecule has 152 valence electrons. The molecule has 0 aliphatic carbocycles. The Labute approximate surface area is 170 Å². The third-order valence-corrected chi connectivity index (χ3v) is 4.73. The second-order valence-corrected chi connectivity index (χ2v) is 6.97. The number of aliphatic hydroxyl groups excluding tert-OH is 1. The molecule has 7 heteroatoms. The van der Waals surface area contributed by atoms with Crippen LogP contribution in [-0.2, 0) is 17.9 Å². The number of ether oxygens (including phenoxy) is 1. The number of rotatable bonds is 9. The number of fused-ring (bicyclic) bond motifs is 1. The predicted octanol–water partition coefficient (Wildman–Crippen LogP) is 1.51. The van der Waals surface area contributed by atoms with Crippen LogP contribution in [0.25, 0.3) is 5.70 Å². The highest BCUT2D eigenvalue weighted by Gasteiger charge is 2.20. The number of hydrogen-bond donors (Lipinski definition) is 4. The molecule has 0 spiro atoms. The fourth-order valence-electron chi connectivity index (χ4n) is 3.33. The first kappa shape index (κ1) is 20.6. The van der Waals surface area contributed by atoms with Crippen molar-refractivity contribution >= 4 is 17.8 Å². The Morgan fingerprint density at radius 2 is 1.86 bits per heavy atom. The third-order valence-electron chi connectivity index (χ3n) is 4.73. The molecule has 1 heterocycles. The summed E-state index contributed by atoms with van der Waals surface area (Å²) in [7, 11) is 0. The Morgan fingerprint density at radius 3 is 2.55 bits per heavy atom. The quantitative estimate of drug-likeness (QED) is 0.482. The molecule has 0 aromatic heterocycles. The van der Waals surface area contributed by atoms with Crippen molar-refractivity contribution in [2.24, 2.45) is 5.73 Å². The van der Waals surface area contributed by atoms with Crippen LogP contribution >= 0.6 is 0 Å². The van der Waals surface area contributed by atoms with E-state index in [1.54, 1.807) is 24.3 Å². The van der Waals surface area contributed by atoms with Crippen molar-refractivity contribution in [1.29, 1.82) is 5.41 Å². The van der Waals surface area contributed by atoms with Crippen LogP contribution in [0.3, 0.4) is 0 Å². The summed E-state index contributed by atoms with van der Waals surface area (Å²) >= 11 is 0. The highest BCUT2D eigenvalue weighted by atomic mass is 16.5. The maximum atomic E-state index is 12.1.